The SMILES string of the molecule is CN(C(=O)[C@@H](N)CC(=O)OCc1ccccc1)c1ccccc1F. The van der Waals surface area contributed by atoms with E-state index >= 15 is 0 Å². The quantitative estimate of drug-likeness (QED) is 0.825. The number of ether oxygens (including phenoxy) is 1. The normalized spacial score (nSPS) is 11.6. The first-order valence-electron chi connectivity index (χ1n) is 7.46. The zero-order chi connectivity index (χ0) is 17.5. The molecule has 0 bridgehead atoms. The molecular weight excluding hydrogens is 311 g/mol. The van der Waals surface area contributed by atoms with Crippen molar-refractivity contribution in [1.82, 2.24) is 0 Å². The van der Waals surface area contributed by atoms with Crippen LogP contribution >= 0.6 is 0 Å². The number of hydrogen-bond donors (Lipinski definition) is 1. The Balaban J connectivity index is 1.89. The van der Waals surface area contributed by atoms with Crippen molar-refractivity contribution in [3.05, 3.63) is 66.0 Å². The number of rotatable bonds is 6. The van der Waals surface area contributed by atoms with Gasteiger partial charge in [0.05, 0.1) is 18.2 Å². The van der Waals surface area contributed by atoms with Gasteiger partial charge < -0.3 is 15.4 Å². The largest absolute Gasteiger partial charge is 0.461 e. The Bertz CT molecular complexity index is 706. The van der Waals surface area contributed by atoms with Gasteiger partial charge in [-0.2, -0.15) is 0 Å². The Morgan fingerprint density at radius 2 is 1.75 bits per heavy atom. The summed E-state index contributed by atoms with van der Waals surface area (Å²) in [5.41, 5.74) is 6.71. The van der Waals surface area contributed by atoms with E-state index in [4.69, 9.17) is 10.5 Å². The van der Waals surface area contributed by atoms with Gasteiger partial charge in [-0.15, -0.1) is 0 Å². The number of halogens is 1. The summed E-state index contributed by atoms with van der Waals surface area (Å²) in [6.45, 7) is 0.115. The summed E-state index contributed by atoms with van der Waals surface area (Å²) >= 11 is 0. The number of hydrogen-bond acceptors (Lipinski definition) is 4. The number of esters is 1. The molecule has 0 unspecified atom stereocenters. The van der Waals surface area contributed by atoms with Crippen LogP contribution in [0.25, 0.3) is 0 Å². The molecule has 2 aromatic carbocycles. The van der Waals surface area contributed by atoms with Crippen LogP contribution in [0.3, 0.4) is 0 Å². The van der Waals surface area contributed by atoms with Gasteiger partial charge >= 0.3 is 5.97 Å². The summed E-state index contributed by atoms with van der Waals surface area (Å²) in [7, 11) is 1.41. The smallest absolute Gasteiger partial charge is 0.308 e. The molecule has 2 N–H and O–H groups in total. The van der Waals surface area contributed by atoms with E-state index in [0.717, 1.165) is 10.5 Å². The minimum Gasteiger partial charge on any atom is -0.461 e. The van der Waals surface area contributed by atoms with Gasteiger partial charge in [-0.25, -0.2) is 4.39 Å². The number of amides is 1. The van der Waals surface area contributed by atoms with E-state index in [9.17, 15) is 14.0 Å². The maximum Gasteiger partial charge on any atom is 0.308 e. The molecule has 24 heavy (non-hydrogen) atoms. The van der Waals surface area contributed by atoms with Crippen LogP contribution in [0.2, 0.25) is 0 Å². The van der Waals surface area contributed by atoms with E-state index in [1.807, 2.05) is 30.3 Å². The Kier molecular flexibility index (Phi) is 6.03. The third kappa shape index (κ3) is 4.63. The van der Waals surface area contributed by atoms with Crippen LogP contribution in [-0.4, -0.2) is 25.0 Å². The molecule has 0 saturated carbocycles. The van der Waals surface area contributed by atoms with Crippen LogP contribution in [0, 0.1) is 5.82 Å². The Labute approximate surface area is 139 Å². The monoisotopic (exact) mass is 330 g/mol. The molecule has 0 fully saturated rings. The number of benzene rings is 2. The van der Waals surface area contributed by atoms with Crippen molar-refractivity contribution in [2.45, 2.75) is 19.1 Å². The van der Waals surface area contributed by atoms with Crippen LogP contribution in [0.15, 0.2) is 54.6 Å². The highest BCUT2D eigenvalue weighted by molar-refractivity contribution is 5.98. The molecule has 2 rings (SSSR count). The first-order chi connectivity index (χ1) is 11.5. The molecule has 0 spiro atoms. The summed E-state index contributed by atoms with van der Waals surface area (Å²) < 4.78 is 18.8. The molecule has 0 radical (unpaired) electrons. The lowest BCUT2D eigenvalue weighted by Crippen LogP contribution is -2.43. The number of nitrogens with two attached hydrogens (primary N) is 1. The fraction of sp³-hybridized carbons (Fsp3) is 0.222. The molecule has 0 aliphatic carbocycles. The predicted molar refractivity (Wildman–Crippen MR) is 88.6 cm³/mol. The lowest BCUT2D eigenvalue weighted by molar-refractivity contribution is -0.146. The summed E-state index contributed by atoms with van der Waals surface area (Å²) in [4.78, 5) is 25.1. The summed E-state index contributed by atoms with van der Waals surface area (Å²) in [5.74, 6) is -1.68. The highest BCUT2D eigenvalue weighted by Gasteiger charge is 2.24. The van der Waals surface area contributed by atoms with Gasteiger partial charge in [0.15, 0.2) is 0 Å². The molecule has 1 atom stereocenters. The van der Waals surface area contributed by atoms with Crippen molar-refractivity contribution in [1.29, 1.82) is 0 Å². The van der Waals surface area contributed by atoms with E-state index < -0.39 is 23.7 Å². The first kappa shape index (κ1) is 17.6. The van der Waals surface area contributed by atoms with Crippen molar-refractivity contribution in [3.63, 3.8) is 0 Å². The van der Waals surface area contributed by atoms with Crippen LogP contribution in [0.5, 0.6) is 0 Å². The van der Waals surface area contributed by atoms with Crippen molar-refractivity contribution in [2.75, 3.05) is 11.9 Å². The van der Waals surface area contributed by atoms with Crippen molar-refractivity contribution >= 4 is 17.6 Å². The number of likely N-dealkylation sites (N-methyl/N-ethyl adjacent to an activating group) is 1. The predicted octanol–water partition coefficient (Wildman–Crippen LogP) is 2.25. The third-order valence-corrected chi connectivity index (χ3v) is 3.49. The molecule has 5 nitrogen and oxygen atoms in total. The molecule has 1 amide bonds. The lowest BCUT2D eigenvalue weighted by Gasteiger charge is -2.21. The van der Waals surface area contributed by atoms with E-state index in [-0.39, 0.29) is 18.7 Å². The number of anilines is 1. The standard InChI is InChI=1S/C18H19FN2O3/c1-21(16-10-6-5-9-14(16)19)18(23)15(20)11-17(22)24-12-13-7-3-2-4-8-13/h2-10,15H,11-12,20H2,1H3/t15-/m0/s1. The second-order valence-corrected chi connectivity index (χ2v) is 5.31. The summed E-state index contributed by atoms with van der Waals surface area (Å²) in [5, 5.41) is 0. The number of carbonyl (C=O) groups excluding carboxylic acids is 2. The summed E-state index contributed by atoms with van der Waals surface area (Å²) in [6, 6.07) is 13.9. The minimum atomic E-state index is -1.10. The zero-order valence-corrected chi connectivity index (χ0v) is 13.3. The molecule has 126 valence electrons. The topological polar surface area (TPSA) is 72.6 Å². The van der Waals surface area contributed by atoms with Crippen LogP contribution in [0.1, 0.15) is 12.0 Å². The number of nitrogens with zero attached hydrogens (tertiary/aromatic N) is 1. The van der Waals surface area contributed by atoms with Crippen molar-refractivity contribution in [3.8, 4) is 0 Å². The third-order valence-electron chi connectivity index (χ3n) is 3.49. The van der Waals surface area contributed by atoms with E-state index in [2.05, 4.69) is 0 Å². The molecule has 6 heteroatoms. The number of carbonyl (C=O) groups is 2. The fourth-order valence-electron chi connectivity index (χ4n) is 2.16. The molecule has 2 aromatic rings. The average molecular weight is 330 g/mol. The van der Waals surface area contributed by atoms with Crippen molar-refractivity contribution in [2.24, 2.45) is 5.73 Å². The van der Waals surface area contributed by atoms with Gasteiger partial charge in [0.25, 0.3) is 0 Å². The molecule has 0 aliphatic rings. The highest BCUT2D eigenvalue weighted by Crippen LogP contribution is 2.18. The zero-order valence-electron chi connectivity index (χ0n) is 13.3. The maximum atomic E-state index is 13.7. The Morgan fingerprint density at radius 1 is 1.12 bits per heavy atom. The first-order valence-corrected chi connectivity index (χ1v) is 7.46. The number of para-hydroxylation sites is 1. The van der Waals surface area contributed by atoms with Crippen molar-refractivity contribution < 1.29 is 18.7 Å². The highest BCUT2D eigenvalue weighted by atomic mass is 19.1. The minimum absolute atomic E-state index is 0.107. The van der Waals surface area contributed by atoms with E-state index in [1.54, 1.807) is 6.07 Å². The van der Waals surface area contributed by atoms with Gasteiger partial charge in [-0.05, 0) is 17.7 Å². The summed E-state index contributed by atoms with van der Waals surface area (Å²) in [6.07, 6.45) is -0.273. The van der Waals surface area contributed by atoms with Crippen LogP contribution in [-0.2, 0) is 20.9 Å². The molecule has 0 aliphatic heterocycles. The maximum absolute atomic E-state index is 13.7. The molecule has 0 aromatic heterocycles. The molecule has 0 saturated heterocycles. The second kappa shape index (κ2) is 8.21. The Morgan fingerprint density at radius 3 is 2.42 bits per heavy atom. The van der Waals surface area contributed by atoms with Gasteiger partial charge in [0.2, 0.25) is 5.91 Å². The van der Waals surface area contributed by atoms with E-state index in [1.165, 1.54) is 25.2 Å². The average Bonchev–Trinajstić information content (AvgIpc) is 2.60. The fourth-order valence-corrected chi connectivity index (χ4v) is 2.16. The van der Waals surface area contributed by atoms with Crippen LogP contribution < -0.4 is 10.6 Å². The molecular formula is C18H19FN2O3. The van der Waals surface area contributed by atoms with Gasteiger partial charge in [-0.3, -0.25) is 9.59 Å². The van der Waals surface area contributed by atoms with Crippen LogP contribution in [0.4, 0.5) is 10.1 Å². The Hall–Kier alpha value is -2.73. The van der Waals surface area contributed by atoms with Gasteiger partial charge in [0.1, 0.15) is 12.4 Å². The molecule has 0 heterocycles. The van der Waals surface area contributed by atoms with Gasteiger partial charge in [0, 0.05) is 7.05 Å². The van der Waals surface area contributed by atoms with E-state index in [0.29, 0.717) is 0 Å². The van der Waals surface area contributed by atoms with Gasteiger partial charge in [-0.1, -0.05) is 42.5 Å². The second-order valence-electron chi connectivity index (χ2n) is 5.31. The lowest BCUT2D eigenvalue weighted by atomic mass is 10.1.